The highest BCUT2D eigenvalue weighted by atomic mass is 35.5. The minimum Gasteiger partial charge on any atom is -0.493 e. The highest BCUT2D eigenvalue weighted by molar-refractivity contribution is 6.30. The monoisotopic (exact) mass is 537 g/mol. The van der Waals surface area contributed by atoms with Gasteiger partial charge in [-0.1, -0.05) is 56.6 Å². The van der Waals surface area contributed by atoms with Crippen molar-refractivity contribution in [1.82, 2.24) is 10.2 Å². The van der Waals surface area contributed by atoms with Crippen molar-refractivity contribution < 1.29 is 13.9 Å². The zero-order chi connectivity index (χ0) is 27.4. The van der Waals surface area contributed by atoms with Gasteiger partial charge in [0, 0.05) is 16.1 Å². The molecule has 3 N–H and O–H groups in total. The van der Waals surface area contributed by atoms with Crippen LogP contribution in [0.5, 0.6) is 5.75 Å². The van der Waals surface area contributed by atoms with Crippen molar-refractivity contribution in [2.24, 2.45) is 11.7 Å². The lowest BCUT2D eigenvalue weighted by Gasteiger charge is -2.26. The number of H-pyrrole nitrogens is 1. The van der Waals surface area contributed by atoms with E-state index in [0.717, 1.165) is 40.8 Å². The van der Waals surface area contributed by atoms with E-state index in [-0.39, 0.29) is 17.6 Å². The van der Waals surface area contributed by atoms with Crippen LogP contribution in [0.25, 0.3) is 16.7 Å². The molecular formula is C31H37ClFN3O2. The Kier molecular flexibility index (Phi) is 8.74. The molecule has 2 atom stereocenters. The zero-order valence-electron chi connectivity index (χ0n) is 22.6. The number of carbonyl (C=O) groups excluding carboxylic acids is 1. The molecule has 5 nitrogen and oxygen atoms in total. The van der Waals surface area contributed by atoms with Gasteiger partial charge in [-0.2, -0.15) is 9.49 Å². The van der Waals surface area contributed by atoms with Gasteiger partial charge in [0.25, 0.3) is 0 Å². The Morgan fingerprint density at radius 1 is 1.29 bits per heavy atom. The van der Waals surface area contributed by atoms with Crippen molar-refractivity contribution >= 4 is 23.0 Å². The number of fused-ring (bicyclic) bond motifs is 1. The van der Waals surface area contributed by atoms with Gasteiger partial charge in [-0.25, -0.2) is 0 Å². The molecule has 1 aliphatic heterocycles. The summed E-state index contributed by atoms with van der Waals surface area (Å²) in [5, 5.41) is 6.77. The molecule has 202 valence electrons. The largest absolute Gasteiger partial charge is 0.493 e. The average Bonchev–Trinajstić information content (AvgIpc) is 3.53. The number of hydrogen-bond donors (Lipinski definition) is 2. The van der Waals surface area contributed by atoms with Crippen LogP contribution < -0.4 is 10.5 Å². The number of ketones is 1. The highest BCUT2D eigenvalue weighted by Crippen LogP contribution is 2.37. The van der Waals surface area contributed by atoms with Gasteiger partial charge < -0.3 is 10.5 Å². The van der Waals surface area contributed by atoms with E-state index < -0.39 is 5.95 Å². The molecule has 5 rings (SSSR count). The Balaban J connectivity index is 0.000000494. The third-order valence-electron chi connectivity index (χ3n) is 7.84. The molecule has 7 heteroatoms. The molecule has 38 heavy (non-hydrogen) atoms. The molecule has 0 bridgehead atoms. The maximum atomic E-state index is 14.1. The number of nitrogens with zero attached hydrogens (tertiary/aromatic N) is 1. The van der Waals surface area contributed by atoms with E-state index >= 15 is 0 Å². The molecule has 3 aromatic rings. The van der Waals surface area contributed by atoms with E-state index in [1.165, 1.54) is 19.0 Å². The zero-order valence-corrected chi connectivity index (χ0v) is 23.4. The summed E-state index contributed by atoms with van der Waals surface area (Å²) < 4.78 is 20.0. The molecule has 0 spiro atoms. The number of halogens is 2. The fraction of sp³-hybridized carbons (Fsp3) is 0.419. The van der Waals surface area contributed by atoms with Gasteiger partial charge in [-0.15, -0.1) is 0 Å². The van der Waals surface area contributed by atoms with Gasteiger partial charge >= 0.3 is 0 Å². The van der Waals surface area contributed by atoms with Crippen molar-refractivity contribution in [3.63, 3.8) is 0 Å². The first-order valence-corrected chi connectivity index (χ1v) is 13.8. The fourth-order valence-corrected chi connectivity index (χ4v) is 4.97. The van der Waals surface area contributed by atoms with Gasteiger partial charge in [0.2, 0.25) is 5.95 Å². The molecule has 2 aliphatic rings. The van der Waals surface area contributed by atoms with Crippen LogP contribution in [0, 0.1) is 11.9 Å². The number of aromatic nitrogens is 2. The van der Waals surface area contributed by atoms with Crippen molar-refractivity contribution in [2.75, 3.05) is 6.61 Å². The summed E-state index contributed by atoms with van der Waals surface area (Å²) in [6.07, 6.45) is 8.50. The maximum absolute atomic E-state index is 14.1. The summed E-state index contributed by atoms with van der Waals surface area (Å²) in [4.78, 5) is 13.6. The number of Topliss-reactive ketones (excluding diaryl/α,β-unsaturated/α-hetero) is 1. The standard InChI is InChI=1S/C26H26ClFN2O2.C5H11N/c1-4-15(3)22-12-16(23-13-29-30-26(23)28)6-8-21(22)20(5-2)25(31)18-10-17-11-19(27)7-9-24(17)32-14-18;1-2-5(6)3-4-5/h5-9,11-13,15,18H,4,10,14H2,1-3H3,(H,29,30);2-4,6H2,1H3/b20-5+;. The van der Waals surface area contributed by atoms with E-state index in [0.29, 0.717) is 34.7 Å². The summed E-state index contributed by atoms with van der Waals surface area (Å²) in [6.45, 7) is 8.58. The second kappa shape index (κ2) is 11.8. The fourth-order valence-electron chi connectivity index (χ4n) is 4.77. The van der Waals surface area contributed by atoms with Crippen molar-refractivity contribution in [2.45, 2.75) is 71.3 Å². The normalized spacial score (nSPS) is 18.5. The molecule has 2 aromatic carbocycles. The van der Waals surface area contributed by atoms with Gasteiger partial charge in [0.15, 0.2) is 5.78 Å². The molecule has 1 aliphatic carbocycles. The van der Waals surface area contributed by atoms with Crippen LogP contribution in [-0.2, 0) is 11.2 Å². The smallest absolute Gasteiger partial charge is 0.216 e. The number of carbonyl (C=O) groups is 1. The number of allylic oxidation sites excluding steroid dienone is 2. The van der Waals surface area contributed by atoms with E-state index in [1.807, 2.05) is 43.3 Å². The predicted octanol–water partition coefficient (Wildman–Crippen LogP) is 7.49. The van der Waals surface area contributed by atoms with Crippen molar-refractivity contribution in [3.05, 3.63) is 76.3 Å². The second-order valence-corrected chi connectivity index (χ2v) is 10.9. The van der Waals surface area contributed by atoms with Crippen LogP contribution in [-0.4, -0.2) is 28.1 Å². The molecule has 2 unspecified atom stereocenters. The summed E-state index contributed by atoms with van der Waals surface area (Å²) in [6, 6.07) is 11.3. The Morgan fingerprint density at radius 2 is 2.05 bits per heavy atom. The van der Waals surface area contributed by atoms with Gasteiger partial charge in [-0.3, -0.25) is 9.89 Å². The van der Waals surface area contributed by atoms with E-state index in [9.17, 15) is 9.18 Å². The van der Waals surface area contributed by atoms with Crippen LogP contribution in [0.4, 0.5) is 4.39 Å². The number of nitrogens with one attached hydrogen (secondary N) is 1. The summed E-state index contributed by atoms with van der Waals surface area (Å²) in [5.74, 6) is 0.275. The van der Waals surface area contributed by atoms with Gasteiger partial charge in [0.05, 0.1) is 24.3 Å². The van der Waals surface area contributed by atoms with Crippen LogP contribution in [0.15, 0.2) is 48.7 Å². The number of aromatic amines is 1. The highest BCUT2D eigenvalue weighted by Gasteiger charge is 2.35. The first-order chi connectivity index (χ1) is 18.2. The molecule has 1 aromatic heterocycles. The van der Waals surface area contributed by atoms with Crippen LogP contribution in [0.2, 0.25) is 5.02 Å². The predicted molar refractivity (Wildman–Crippen MR) is 152 cm³/mol. The molecule has 0 amide bonds. The Morgan fingerprint density at radius 3 is 2.63 bits per heavy atom. The van der Waals surface area contributed by atoms with Crippen LogP contribution in [0.3, 0.4) is 0 Å². The van der Waals surface area contributed by atoms with Crippen LogP contribution >= 0.6 is 11.6 Å². The van der Waals surface area contributed by atoms with Crippen molar-refractivity contribution in [1.29, 1.82) is 0 Å². The average molecular weight is 538 g/mol. The maximum Gasteiger partial charge on any atom is 0.216 e. The minimum absolute atomic E-state index is 0.0462. The lowest BCUT2D eigenvalue weighted by atomic mass is 9.82. The third-order valence-corrected chi connectivity index (χ3v) is 8.07. The number of ether oxygens (including phenoxy) is 1. The van der Waals surface area contributed by atoms with E-state index in [2.05, 4.69) is 31.0 Å². The number of hydrogen-bond acceptors (Lipinski definition) is 4. The summed E-state index contributed by atoms with van der Waals surface area (Å²) >= 11 is 6.14. The SMILES string of the molecule is C/C=C(/C(=O)C1COc2ccc(Cl)cc2C1)c1ccc(-c2cn[nH]c2F)cc1C(C)CC.CCC1(N)CC1. The first-order valence-electron chi connectivity index (χ1n) is 13.4. The Bertz CT molecular complexity index is 1330. The van der Waals surface area contributed by atoms with Crippen LogP contribution in [0.1, 0.15) is 76.0 Å². The van der Waals surface area contributed by atoms with E-state index in [4.69, 9.17) is 22.1 Å². The van der Waals surface area contributed by atoms with E-state index in [1.54, 1.807) is 6.07 Å². The molecule has 1 saturated carbocycles. The second-order valence-electron chi connectivity index (χ2n) is 10.5. The molecule has 0 saturated heterocycles. The summed E-state index contributed by atoms with van der Waals surface area (Å²) in [5.41, 5.74) is 10.6. The first kappa shape index (κ1) is 28.1. The summed E-state index contributed by atoms with van der Waals surface area (Å²) in [7, 11) is 0. The van der Waals surface area contributed by atoms with Gasteiger partial charge in [0.1, 0.15) is 5.75 Å². The number of rotatable bonds is 7. The van der Waals surface area contributed by atoms with Crippen molar-refractivity contribution in [3.8, 4) is 16.9 Å². The number of nitrogens with two attached hydrogens (primary N) is 1. The minimum atomic E-state index is -0.466. The quantitative estimate of drug-likeness (QED) is 0.306. The Labute approximate surface area is 229 Å². The Hall–Kier alpha value is -2.96. The lowest BCUT2D eigenvalue weighted by molar-refractivity contribution is -0.118. The topological polar surface area (TPSA) is 81.0 Å². The molecular weight excluding hydrogens is 501 g/mol. The number of benzene rings is 2. The third kappa shape index (κ3) is 6.19. The van der Waals surface area contributed by atoms with Gasteiger partial charge in [-0.05, 0) is 85.4 Å². The lowest BCUT2D eigenvalue weighted by Crippen LogP contribution is -2.29. The molecule has 2 heterocycles. The molecule has 1 fully saturated rings. The molecule has 0 radical (unpaired) electrons.